The summed E-state index contributed by atoms with van der Waals surface area (Å²) in [7, 11) is 0. The van der Waals surface area contributed by atoms with E-state index in [9.17, 15) is 22.4 Å². The Morgan fingerprint density at radius 3 is 2.38 bits per heavy atom. The lowest BCUT2D eigenvalue weighted by Crippen LogP contribution is -2.45. The van der Waals surface area contributed by atoms with Crippen LogP contribution in [0.3, 0.4) is 0 Å². The number of carbonyl (C=O) groups excluding carboxylic acids is 1. The lowest BCUT2D eigenvalue weighted by atomic mass is 10.1. The quantitative estimate of drug-likeness (QED) is 0.494. The molecule has 2 heterocycles. The molecular weight excluding hydrogens is 428 g/mol. The predicted molar refractivity (Wildman–Crippen MR) is 108 cm³/mol. The summed E-state index contributed by atoms with van der Waals surface area (Å²) >= 11 is 0. The van der Waals surface area contributed by atoms with Gasteiger partial charge in [-0.05, 0) is 55.2 Å². The van der Waals surface area contributed by atoms with Gasteiger partial charge < -0.3 is 9.32 Å². The number of nitrogens with zero attached hydrogens (tertiary/aromatic N) is 4. The maximum atomic E-state index is 13.8. The van der Waals surface area contributed by atoms with Crippen LogP contribution in [0.1, 0.15) is 30.7 Å². The molecule has 1 aliphatic rings. The first-order valence-corrected chi connectivity index (χ1v) is 10.1. The number of anilines is 1. The maximum Gasteiger partial charge on any atom is 0.470 e. The van der Waals surface area contributed by atoms with Crippen LogP contribution in [0, 0.1) is 5.82 Å². The van der Waals surface area contributed by atoms with Crippen molar-refractivity contribution in [3.8, 4) is 11.5 Å². The summed E-state index contributed by atoms with van der Waals surface area (Å²) < 4.78 is 56.6. The molecule has 4 rings (SSSR count). The molecule has 0 N–H and O–H groups in total. The summed E-state index contributed by atoms with van der Waals surface area (Å²) in [5, 5.41) is 6.46. The molecule has 2 aromatic carbocycles. The number of urea groups is 1. The van der Waals surface area contributed by atoms with Crippen LogP contribution in [-0.2, 0) is 12.7 Å². The third-order valence-corrected chi connectivity index (χ3v) is 5.19. The predicted octanol–water partition coefficient (Wildman–Crippen LogP) is 5.51. The molecule has 0 spiro atoms. The largest absolute Gasteiger partial charge is 0.470 e. The third-order valence-electron chi connectivity index (χ3n) is 5.19. The van der Waals surface area contributed by atoms with Gasteiger partial charge >= 0.3 is 18.1 Å². The number of carbonyl (C=O) groups is 1. The standard InChI is InChI=1S/C22H20F4N4O2/c23-17-5-4-6-18(13-17)30(21(31)29-11-2-1-3-12-29)14-15-7-9-16(10-8-15)19-27-28-20(32-19)22(24,25)26/h4-10,13H,1-3,11-12,14H2. The van der Waals surface area contributed by atoms with E-state index in [1.54, 1.807) is 23.1 Å². The number of halogens is 4. The van der Waals surface area contributed by atoms with Crippen LogP contribution in [0.15, 0.2) is 52.9 Å². The van der Waals surface area contributed by atoms with E-state index in [2.05, 4.69) is 10.2 Å². The van der Waals surface area contributed by atoms with Gasteiger partial charge in [0.05, 0.1) is 6.54 Å². The minimum Gasteiger partial charge on any atom is -0.413 e. The first-order valence-electron chi connectivity index (χ1n) is 10.1. The Bertz CT molecular complexity index is 1080. The number of hydrogen-bond acceptors (Lipinski definition) is 4. The fourth-order valence-electron chi connectivity index (χ4n) is 3.56. The van der Waals surface area contributed by atoms with Crippen LogP contribution < -0.4 is 4.90 Å². The van der Waals surface area contributed by atoms with Crippen LogP contribution >= 0.6 is 0 Å². The minimum absolute atomic E-state index is 0.163. The van der Waals surface area contributed by atoms with Gasteiger partial charge in [0.2, 0.25) is 5.89 Å². The molecule has 1 aromatic heterocycles. The van der Waals surface area contributed by atoms with Gasteiger partial charge in [0.25, 0.3) is 0 Å². The smallest absolute Gasteiger partial charge is 0.413 e. The summed E-state index contributed by atoms with van der Waals surface area (Å²) in [6, 6.07) is 12.0. The molecule has 3 aromatic rings. The molecule has 0 unspecified atom stereocenters. The van der Waals surface area contributed by atoms with Crippen molar-refractivity contribution < 1.29 is 26.8 Å². The van der Waals surface area contributed by atoms with E-state index in [0.717, 1.165) is 19.3 Å². The molecule has 0 radical (unpaired) electrons. The summed E-state index contributed by atoms with van der Waals surface area (Å²) in [5.41, 5.74) is 1.45. The molecule has 0 atom stereocenters. The molecule has 32 heavy (non-hydrogen) atoms. The summed E-state index contributed by atoms with van der Waals surface area (Å²) in [6.07, 6.45) is -1.81. The zero-order chi connectivity index (χ0) is 22.7. The van der Waals surface area contributed by atoms with Crippen molar-refractivity contribution in [2.24, 2.45) is 0 Å². The summed E-state index contributed by atoms with van der Waals surface area (Å²) in [5.74, 6) is -2.12. The van der Waals surface area contributed by atoms with Gasteiger partial charge in [0.15, 0.2) is 0 Å². The summed E-state index contributed by atoms with van der Waals surface area (Å²) in [6.45, 7) is 1.45. The molecule has 2 amide bonds. The van der Waals surface area contributed by atoms with E-state index < -0.39 is 17.9 Å². The topological polar surface area (TPSA) is 62.5 Å². The molecule has 1 aliphatic heterocycles. The first-order chi connectivity index (χ1) is 15.3. The minimum atomic E-state index is -4.72. The van der Waals surface area contributed by atoms with Crippen LogP contribution in [-0.4, -0.2) is 34.2 Å². The van der Waals surface area contributed by atoms with Gasteiger partial charge in [-0.3, -0.25) is 4.90 Å². The highest BCUT2D eigenvalue weighted by Gasteiger charge is 2.38. The molecule has 1 fully saturated rings. The van der Waals surface area contributed by atoms with E-state index in [4.69, 9.17) is 4.42 Å². The normalized spacial score (nSPS) is 14.4. The number of rotatable bonds is 4. The number of likely N-dealkylation sites (tertiary alicyclic amines) is 1. The Morgan fingerprint density at radius 2 is 1.75 bits per heavy atom. The zero-order valence-electron chi connectivity index (χ0n) is 17.0. The second-order valence-electron chi connectivity index (χ2n) is 7.50. The van der Waals surface area contributed by atoms with Gasteiger partial charge in [-0.25, -0.2) is 9.18 Å². The number of benzene rings is 2. The monoisotopic (exact) mass is 448 g/mol. The van der Waals surface area contributed by atoms with Crippen LogP contribution in [0.25, 0.3) is 11.5 Å². The van der Waals surface area contributed by atoms with Crippen molar-refractivity contribution in [2.45, 2.75) is 32.0 Å². The van der Waals surface area contributed by atoms with Crippen LogP contribution in [0.4, 0.5) is 28.0 Å². The Hall–Kier alpha value is -3.43. The average Bonchev–Trinajstić information content (AvgIpc) is 3.29. The lowest BCUT2D eigenvalue weighted by molar-refractivity contribution is -0.156. The molecule has 0 aliphatic carbocycles. The van der Waals surface area contributed by atoms with Crippen molar-refractivity contribution in [1.29, 1.82) is 0 Å². The highest BCUT2D eigenvalue weighted by atomic mass is 19.4. The van der Waals surface area contributed by atoms with Gasteiger partial charge in [-0.2, -0.15) is 13.2 Å². The molecule has 10 heteroatoms. The number of piperidine rings is 1. The van der Waals surface area contributed by atoms with Crippen molar-refractivity contribution in [3.63, 3.8) is 0 Å². The Balaban J connectivity index is 1.56. The molecule has 1 saturated heterocycles. The lowest BCUT2D eigenvalue weighted by Gasteiger charge is -2.33. The zero-order valence-corrected chi connectivity index (χ0v) is 17.0. The van der Waals surface area contributed by atoms with E-state index in [1.165, 1.54) is 35.2 Å². The maximum absolute atomic E-state index is 13.8. The number of amides is 2. The van der Waals surface area contributed by atoms with Crippen molar-refractivity contribution >= 4 is 11.7 Å². The highest BCUT2D eigenvalue weighted by molar-refractivity contribution is 5.92. The molecule has 0 saturated carbocycles. The van der Waals surface area contributed by atoms with E-state index >= 15 is 0 Å². The summed E-state index contributed by atoms with van der Waals surface area (Å²) in [4.78, 5) is 16.4. The van der Waals surface area contributed by atoms with Crippen molar-refractivity contribution in [1.82, 2.24) is 15.1 Å². The van der Waals surface area contributed by atoms with E-state index in [0.29, 0.717) is 29.9 Å². The van der Waals surface area contributed by atoms with Gasteiger partial charge in [0, 0.05) is 24.3 Å². The second kappa shape index (κ2) is 8.97. The Morgan fingerprint density at radius 1 is 1.03 bits per heavy atom. The fraction of sp³-hybridized carbons (Fsp3) is 0.318. The van der Waals surface area contributed by atoms with Crippen LogP contribution in [0.2, 0.25) is 0 Å². The van der Waals surface area contributed by atoms with Gasteiger partial charge in [-0.1, -0.05) is 18.2 Å². The third kappa shape index (κ3) is 4.90. The SMILES string of the molecule is O=C(N1CCCCC1)N(Cc1ccc(-c2nnc(C(F)(F)F)o2)cc1)c1cccc(F)c1. The van der Waals surface area contributed by atoms with Crippen molar-refractivity contribution in [2.75, 3.05) is 18.0 Å². The van der Waals surface area contributed by atoms with E-state index in [1.807, 2.05) is 0 Å². The number of alkyl halides is 3. The van der Waals surface area contributed by atoms with Gasteiger partial charge in [-0.15, -0.1) is 10.2 Å². The van der Waals surface area contributed by atoms with Crippen molar-refractivity contribution in [3.05, 3.63) is 65.8 Å². The molecule has 6 nitrogen and oxygen atoms in total. The molecule has 168 valence electrons. The first kappa shape index (κ1) is 21.8. The Labute approximate surface area is 181 Å². The molecule has 0 bridgehead atoms. The van der Waals surface area contributed by atoms with Crippen LogP contribution in [0.5, 0.6) is 0 Å². The average molecular weight is 448 g/mol. The number of aromatic nitrogens is 2. The van der Waals surface area contributed by atoms with Gasteiger partial charge in [0.1, 0.15) is 5.82 Å². The fourth-order valence-corrected chi connectivity index (χ4v) is 3.56. The number of hydrogen-bond donors (Lipinski definition) is 0. The highest BCUT2D eigenvalue weighted by Crippen LogP contribution is 2.30. The Kier molecular flexibility index (Phi) is 6.11. The van der Waals surface area contributed by atoms with E-state index in [-0.39, 0.29) is 18.5 Å². The second-order valence-corrected chi connectivity index (χ2v) is 7.50. The molecular formula is C22H20F4N4O2.